The lowest BCUT2D eigenvalue weighted by atomic mass is 10.2. The number of hydrogen-bond donors (Lipinski definition) is 0. The Morgan fingerprint density at radius 2 is 1.77 bits per heavy atom. The summed E-state index contributed by atoms with van der Waals surface area (Å²) in [4.78, 5) is 4.51. The third kappa shape index (κ3) is 5.91. The van der Waals surface area contributed by atoms with Crippen molar-refractivity contribution in [2.75, 3.05) is 7.11 Å². The zero-order valence-corrected chi connectivity index (χ0v) is 18.6. The first-order valence-electron chi connectivity index (χ1n) is 9.60. The largest absolute Gasteiger partial charge is 0.493 e. The molecule has 3 rings (SSSR count). The van der Waals surface area contributed by atoms with Crippen LogP contribution < -0.4 is 14.2 Å². The highest BCUT2D eigenvalue weighted by atomic mass is 35.5. The van der Waals surface area contributed by atoms with Gasteiger partial charge in [-0.3, -0.25) is 4.99 Å². The SMILES string of the molecule is CC[C@H](C)Oc1c(Cl)cc(C=Nc2ccc(Oc3cccc(Cl)c3)cc2)cc1OC. The second kappa shape index (κ2) is 10.4. The molecule has 0 fully saturated rings. The maximum Gasteiger partial charge on any atom is 0.180 e. The summed E-state index contributed by atoms with van der Waals surface area (Å²) < 4.78 is 17.1. The van der Waals surface area contributed by atoms with E-state index < -0.39 is 0 Å². The van der Waals surface area contributed by atoms with E-state index in [9.17, 15) is 0 Å². The first-order chi connectivity index (χ1) is 14.5. The first kappa shape index (κ1) is 22.0. The number of ether oxygens (including phenoxy) is 3. The second-order valence-corrected chi connectivity index (χ2v) is 7.53. The van der Waals surface area contributed by atoms with Gasteiger partial charge in [0, 0.05) is 11.2 Å². The van der Waals surface area contributed by atoms with E-state index in [0.717, 1.165) is 17.7 Å². The third-order valence-corrected chi connectivity index (χ3v) is 4.89. The third-order valence-electron chi connectivity index (χ3n) is 4.38. The lowest BCUT2D eigenvalue weighted by Gasteiger charge is -2.17. The van der Waals surface area contributed by atoms with E-state index in [1.54, 1.807) is 25.5 Å². The number of methoxy groups -OCH3 is 1. The predicted octanol–water partition coefficient (Wildman–Crippen LogP) is 7.72. The Hall–Kier alpha value is -2.69. The summed E-state index contributed by atoms with van der Waals surface area (Å²) in [6.07, 6.45) is 2.65. The van der Waals surface area contributed by atoms with Crippen LogP contribution in [0.1, 0.15) is 25.8 Å². The maximum atomic E-state index is 6.41. The van der Waals surface area contributed by atoms with Gasteiger partial charge in [0.1, 0.15) is 11.5 Å². The van der Waals surface area contributed by atoms with Crippen LogP contribution in [0, 0.1) is 0 Å². The number of aliphatic imine (C=N–C) groups is 1. The molecule has 1 atom stereocenters. The standard InChI is InChI=1S/C24H23Cl2NO3/c1-4-16(2)29-24-22(26)12-17(13-23(24)28-3)15-27-19-8-10-20(11-9-19)30-21-7-5-6-18(25)14-21/h5-16H,4H2,1-3H3/t16-/m0/s1. The van der Waals surface area contributed by atoms with Gasteiger partial charge in [-0.1, -0.05) is 36.2 Å². The Morgan fingerprint density at radius 3 is 2.43 bits per heavy atom. The molecule has 30 heavy (non-hydrogen) atoms. The maximum absolute atomic E-state index is 6.41. The van der Waals surface area contributed by atoms with Crippen molar-refractivity contribution in [3.05, 3.63) is 76.3 Å². The molecule has 0 heterocycles. The van der Waals surface area contributed by atoms with E-state index in [2.05, 4.69) is 11.9 Å². The Kier molecular flexibility index (Phi) is 7.61. The summed E-state index contributed by atoms with van der Waals surface area (Å²) in [6.45, 7) is 4.04. The minimum atomic E-state index is 0.0450. The number of benzene rings is 3. The topological polar surface area (TPSA) is 40.0 Å². The van der Waals surface area contributed by atoms with E-state index in [0.29, 0.717) is 33.0 Å². The highest BCUT2D eigenvalue weighted by Gasteiger charge is 2.14. The van der Waals surface area contributed by atoms with Crippen molar-refractivity contribution in [3.8, 4) is 23.0 Å². The summed E-state index contributed by atoms with van der Waals surface area (Å²) in [5.41, 5.74) is 1.59. The van der Waals surface area contributed by atoms with Gasteiger partial charge in [-0.25, -0.2) is 0 Å². The fraction of sp³-hybridized carbons (Fsp3) is 0.208. The minimum Gasteiger partial charge on any atom is -0.493 e. The molecule has 0 aliphatic heterocycles. The summed E-state index contributed by atoms with van der Waals surface area (Å²) in [7, 11) is 1.59. The molecule has 6 heteroatoms. The molecule has 0 aliphatic rings. The summed E-state index contributed by atoms with van der Waals surface area (Å²) >= 11 is 12.4. The van der Waals surface area contributed by atoms with Gasteiger partial charge in [0.05, 0.1) is 23.9 Å². The van der Waals surface area contributed by atoms with Crippen LogP contribution >= 0.6 is 23.2 Å². The lowest BCUT2D eigenvalue weighted by molar-refractivity contribution is 0.208. The molecule has 0 aromatic heterocycles. The van der Waals surface area contributed by atoms with Crippen LogP contribution in [0.2, 0.25) is 10.0 Å². The Labute approximate surface area is 187 Å². The van der Waals surface area contributed by atoms with Gasteiger partial charge in [-0.2, -0.15) is 0 Å². The van der Waals surface area contributed by atoms with E-state index in [1.165, 1.54) is 0 Å². The van der Waals surface area contributed by atoms with Crippen LogP contribution in [0.4, 0.5) is 5.69 Å². The van der Waals surface area contributed by atoms with Crippen molar-refractivity contribution in [1.82, 2.24) is 0 Å². The van der Waals surface area contributed by atoms with Gasteiger partial charge < -0.3 is 14.2 Å². The van der Waals surface area contributed by atoms with Crippen molar-refractivity contribution in [3.63, 3.8) is 0 Å². The molecule has 3 aromatic rings. The molecule has 3 aromatic carbocycles. The summed E-state index contributed by atoms with van der Waals surface area (Å²) in [5, 5.41) is 1.12. The van der Waals surface area contributed by atoms with Gasteiger partial charge in [0.2, 0.25) is 0 Å². The molecular weight excluding hydrogens is 421 g/mol. The molecule has 0 unspecified atom stereocenters. The highest BCUT2D eigenvalue weighted by Crippen LogP contribution is 2.37. The van der Waals surface area contributed by atoms with Crippen molar-refractivity contribution < 1.29 is 14.2 Å². The van der Waals surface area contributed by atoms with Crippen molar-refractivity contribution >= 4 is 35.1 Å². The van der Waals surface area contributed by atoms with Gasteiger partial charge in [0.25, 0.3) is 0 Å². The zero-order valence-electron chi connectivity index (χ0n) is 17.1. The molecule has 0 N–H and O–H groups in total. The molecule has 156 valence electrons. The van der Waals surface area contributed by atoms with Gasteiger partial charge in [-0.05, 0) is 73.5 Å². The number of nitrogens with zero attached hydrogens (tertiary/aromatic N) is 1. The van der Waals surface area contributed by atoms with Gasteiger partial charge in [0.15, 0.2) is 11.5 Å². The summed E-state index contributed by atoms with van der Waals surface area (Å²) in [6, 6.07) is 18.4. The van der Waals surface area contributed by atoms with E-state index in [4.69, 9.17) is 37.4 Å². The van der Waals surface area contributed by atoms with Gasteiger partial charge >= 0.3 is 0 Å². The number of halogens is 2. The lowest BCUT2D eigenvalue weighted by Crippen LogP contribution is -2.11. The molecule has 0 amide bonds. The van der Waals surface area contributed by atoms with Crippen LogP contribution in [-0.4, -0.2) is 19.4 Å². The zero-order chi connectivity index (χ0) is 21.5. The quantitative estimate of drug-likeness (QED) is 0.334. The van der Waals surface area contributed by atoms with E-state index in [-0.39, 0.29) is 6.10 Å². The van der Waals surface area contributed by atoms with Crippen molar-refractivity contribution in [1.29, 1.82) is 0 Å². The Balaban J connectivity index is 1.73. The molecule has 4 nitrogen and oxygen atoms in total. The number of rotatable bonds is 8. The predicted molar refractivity (Wildman–Crippen MR) is 124 cm³/mol. The summed E-state index contributed by atoms with van der Waals surface area (Å²) in [5.74, 6) is 2.51. The monoisotopic (exact) mass is 443 g/mol. The second-order valence-electron chi connectivity index (χ2n) is 6.68. The normalized spacial score (nSPS) is 12.0. The molecule has 0 radical (unpaired) electrons. The van der Waals surface area contributed by atoms with Crippen LogP contribution in [-0.2, 0) is 0 Å². The highest BCUT2D eigenvalue weighted by molar-refractivity contribution is 6.32. The number of hydrogen-bond acceptors (Lipinski definition) is 4. The van der Waals surface area contributed by atoms with Crippen LogP contribution in [0.25, 0.3) is 0 Å². The molecule has 0 bridgehead atoms. The average Bonchev–Trinajstić information content (AvgIpc) is 2.74. The Morgan fingerprint density at radius 1 is 1.00 bits per heavy atom. The van der Waals surface area contributed by atoms with E-state index in [1.807, 2.05) is 55.5 Å². The molecule has 0 aliphatic carbocycles. The van der Waals surface area contributed by atoms with Crippen molar-refractivity contribution in [2.24, 2.45) is 4.99 Å². The van der Waals surface area contributed by atoms with Crippen LogP contribution in [0.15, 0.2) is 65.7 Å². The molecule has 0 saturated heterocycles. The molecule has 0 spiro atoms. The fourth-order valence-corrected chi connectivity index (χ4v) is 3.07. The molecular formula is C24H23Cl2NO3. The average molecular weight is 444 g/mol. The molecule has 0 saturated carbocycles. The first-order valence-corrected chi connectivity index (χ1v) is 10.4. The smallest absolute Gasteiger partial charge is 0.180 e. The van der Waals surface area contributed by atoms with Gasteiger partial charge in [-0.15, -0.1) is 0 Å². The Bertz CT molecular complexity index is 1020. The van der Waals surface area contributed by atoms with Crippen LogP contribution in [0.5, 0.6) is 23.0 Å². The fourth-order valence-electron chi connectivity index (χ4n) is 2.63. The van der Waals surface area contributed by atoms with E-state index >= 15 is 0 Å². The minimum absolute atomic E-state index is 0.0450. The van der Waals surface area contributed by atoms with Crippen molar-refractivity contribution in [2.45, 2.75) is 26.4 Å². The van der Waals surface area contributed by atoms with Crippen LogP contribution in [0.3, 0.4) is 0 Å².